The Hall–Kier alpha value is 0.505. The Balaban J connectivity index is 3.01. The van der Waals surface area contributed by atoms with Crippen LogP contribution in [0.1, 0.15) is 11.5 Å². The molecule has 1 nitrogen and oxygen atoms in total. The molecule has 0 spiro atoms. The molecule has 0 radical (unpaired) electrons. The first-order valence-electron chi connectivity index (χ1n) is 2.86. The minimum atomic E-state index is -1.19. The second-order valence-electron chi connectivity index (χ2n) is 2.07. The number of hydrogen-bond donors (Lipinski definition) is 0. The molecule has 1 rings (SSSR count). The number of furan rings is 1. The van der Waals surface area contributed by atoms with Gasteiger partial charge in [-0.15, -0.1) is 0 Å². The van der Waals surface area contributed by atoms with Gasteiger partial charge in [-0.2, -0.15) is 0 Å². The van der Waals surface area contributed by atoms with Crippen molar-refractivity contribution in [2.24, 2.45) is 0 Å². The molecule has 0 fully saturated rings. The molecular weight excluding hydrogens is 324 g/mol. The molecule has 0 aliphatic heterocycles. The fraction of sp³-hybridized carbons (Fsp3) is 0.333. The summed E-state index contributed by atoms with van der Waals surface area (Å²) >= 11 is -1.19. The monoisotopic (exact) mass is 332 g/mol. The minimum absolute atomic E-state index is 0.989. The normalized spacial score (nSPS) is 9.22. The van der Waals surface area contributed by atoms with Gasteiger partial charge in [-0.25, -0.2) is 0 Å². The second kappa shape index (κ2) is 3.06. The van der Waals surface area contributed by atoms with Gasteiger partial charge in [0.1, 0.15) is 0 Å². The molecule has 46 valence electrons. The SMILES string of the molecule is Cc1c[c]([Hg][Cl])c(C)o1. The molecule has 0 aliphatic carbocycles. The molecule has 1 aromatic heterocycles. The van der Waals surface area contributed by atoms with Crippen LogP contribution in [0.4, 0.5) is 0 Å². The van der Waals surface area contributed by atoms with Crippen LogP contribution in [0.25, 0.3) is 0 Å². The maximum absolute atomic E-state index is 5.81. The third-order valence-corrected chi connectivity index (χ3v) is 7.66. The molecule has 0 bridgehead atoms. The predicted octanol–water partition coefficient (Wildman–Crippen LogP) is 1.76. The zero-order valence-corrected chi connectivity index (χ0v) is 11.8. The zero-order chi connectivity index (χ0) is 6.85. The van der Waals surface area contributed by atoms with Crippen LogP contribution in [0.15, 0.2) is 10.5 Å². The van der Waals surface area contributed by atoms with Crippen LogP contribution in [0.3, 0.4) is 0 Å². The number of halogens is 1. The average molecular weight is 331 g/mol. The number of hydrogen-bond acceptors (Lipinski definition) is 1. The van der Waals surface area contributed by atoms with Crippen molar-refractivity contribution in [1.29, 1.82) is 0 Å². The van der Waals surface area contributed by atoms with Crippen LogP contribution < -0.4 is 3.07 Å². The van der Waals surface area contributed by atoms with Gasteiger partial charge in [0.25, 0.3) is 0 Å². The van der Waals surface area contributed by atoms with Crippen molar-refractivity contribution in [3.8, 4) is 0 Å². The molecule has 0 aromatic carbocycles. The van der Waals surface area contributed by atoms with Crippen LogP contribution in [0, 0.1) is 13.8 Å². The summed E-state index contributed by atoms with van der Waals surface area (Å²) in [5, 5.41) is 0. The third kappa shape index (κ3) is 1.71. The van der Waals surface area contributed by atoms with Gasteiger partial charge in [-0.05, 0) is 0 Å². The van der Waals surface area contributed by atoms with Crippen molar-refractivity contribution < 1.29 is 27.8 Å². The Morgan fingerprint density at radius 3 is 2.44 bits per heavy atom. The molecule has 0 saturated carbocycles. The van der Waals surface area contributed by atoms with Crippen LogP contribution in [-0.2, 0) is 23.3 Å². The summed E-state index contributed by atoms with van der Waals surface area (Å²) in [6, 6.07) is 2.06. The van der Waals surface area contributed by atoms with Crippen molar-refractivity contribution in [3.63, 3.8) is 0 Å². The van der Waals surface area contributed by atoms with Gasteiger partial charge in [0, 0.05) is 0 Å². The van der Waals surface area contributed by atoms with E-state index < -0.39 is 23.3 Å². The summed E-state index contributed by atoms with van der Waals surface area (Å²) < 4.78 is 6.59. The predicted molar refractivity (Wildman–Crippen MR) is 33.7 cm³/mol. The summed E-state index contributed by atoms with van der Waals surface area (Å²) in [5.74, 6) is 2.02. The van der Waals surface area contributed by atoms with E-state index in [-0.39, 0.29) is 0 Å². The fourth-order valence-corrected chi connectivity index (χ4v) is 5.57. The standard InChI is InChI=1S/C6H7O.ClH.Hg/c1-5-3-4-6(2)7-5;;/h3H,1-2H3;1H;/q;;+1/p-1. The van der Waals surface area contributed by atoms with Crippen molar-refractivity contribution >= 4 is 11.3 Å². The van der Waals surface area contributed by atoms with E-state index in [1.165, 1.54) is 3.07 Å². The van der Waals surface area contributed by atoms with E-state index in [1.54, 1.807) is 0 Å². The number of aryl methyl sites for hydroxylation is 2. The van der Waals surface area contributed by atoms with E-state index in [0.29, 0.717) is 0 Å². The van der Waals surface area contributed by atoms with Gasteiger partial charge >= 0.3 is 70.5 Å². The molecule has 1 heterocycles. The van der Waals surface area contributed by atoms with E-state index in [0.717, 1.165) is 11.5 Å². The topological polar surface area (TPSA) is 13.1 Å². The molecule has 1 aromatic rings. The molecule has 0 amide bonds. The Kier molecular flexibility index (Phi) is 2.59. The first-order chi connectivity index (χ1) is 4.24. The van der Waals surface area contributed by atoms with E-state index in [4.69, 9.17) is 12.7 Å². The second-order valence-corrected chi connectivity index (χ2v) is 8.42. The maximum atomic E-state index is 5.81. The summed E-state index contributed by atoms with van der Waals surface area (Å²) in [4.78, 5) is 0. The summed E-state index contributed by atoms with van der Waals surface area (Å²) in [7, 11) is 5.81. The van der Waals surface area contributed by atoms with Crippen LogP contribution >= 0.6 is 8.25 Å². The van der Waals surface area contributed by atoms with Crippen molar-refractivity contribution in [1.82, 2.24) is 0 Å². The molecule has 0 aliphatic rings. The van der Waals surface area contributed by atoms with Crippen LogP contribution in [-0.4, -0.2) is 0 Å². The Labute approximate surface area is 70.3 Å². The molecule has 0 unspecified atom stereocenters. The number of rotatable bonds is 1. The Morgan fingerprint density at radius 2 is 2.22 bits per heavy atom. The van der Waals surface area contributed by atoms with Crippen LogP contribution in [0.5, 0.6) is 0 Å². The molecule has 0 atom stereocenters. The van der Waals surface area contributed by atoms with Crippen molar-refractivity contribution in [3.05, 3.63) is 17.6 Å². The molecule has 0 N–H and O–H groups in total. The van der Waals surface area contributed by atoms with E-state index in [9.17, 15) is 0 Å². The Morgan fingerprint density at radius 1 is 1.56 bits per heavy atom. The van der Waals surface area contributed by atoms with E-state index in [1.807, 2.05) is 13.8 Å². The van der Waals surface area contributed by atoms with Gasteiger partial charge < -0.3 is 0 Å². The Bertz CT molecular complexity index is 207. The molecular formula is C6H7ClHgO. The summed E-state index contributed by atoms with van der Waals surface area (Å²) in [6.45, 7) is 3.93. The molecule has 9 heavy (non-hydrogen) atoms. The first-order valence-corrected chi connectivity index (χ1v) is 12.4. The van der Waals surface area contributed by atoms with E-state index in [2.05, 4.69) is 6.07 Å². The average Bonchev–Trinajstić information content (AvgIpc) is 2.10. The van der Waals surface area contributed by atoms with Gasteiger partial charge in [0.2, 0.25) is 0 Å². The van der Waals surface area contributed by atoms with Crippen LogP contribution in [0.2, 0.25) is 0 Å². The molecule has 3 heteroatoms. The zero-order valence-electron chi connectivity index (χ0n) is 5.57. The van der Waals surface area contributed by atoms with Gasteiger partial charge in [0.15, 0.2) is 0 Å². The van der Waals surface area contributed by atoms with Gasteiger partial charge in [-0.3, -0.25) is 0 Å². The van der Waals surface area contributed by atoms with Crippen molar-refractivity contribution in [2.75, 3.05) is 0 Å². The third-order valence-electron chi connectivity index (χ3n) is 1.29. The quantitative estimate of drug-likeness (QED) is 0.715. The fourth-order valence-electron chi connectivity index (χ4n) is 0.816. The first kappa shape index (κ1) is 7.61. The summed E-state index contributed by atoms with van der Waals surface area (Å²) in [5.41, 5.74) is 0. The van der Waals surface area contributed by atoms with Gasteiger partial charge in [-0.1, -0.05) is 0 Å². The van der Waals surface area contributed by atoms with E-state index >= 15 is 0 Å². The van der Waals surface area contributed by atoms with Crippen molar-refractivity contribution in [2.45, 2.75) is 13.8 Å². The molecule has 0 saturated heterocycles. The van der Waals surface area contributed by atoms with Gasteiger partial charge in [0.05, 0.1) is 0 Å². The summed E-state index contributed by atoms with van der Waals surface area (Å²) in [6.07, 6.45) is 0.